The molecule has 8 nitrogen and oxygen atoms in total. The summed E-state index contributed by atoms with van der Waals surface area (Å²) in [5.41, 5.74) is 1.35. The lowest BCUT2D eigenvalue weighted by Crippen LogP contribution is -2.38. The molecule has 0 bridgehead atoms. The van der Waals surface area contributed by atoms with E-state index in [9.17, 15) is 21.6 Å². The molecule has 0 N–H and O–H groups in total. The Morgan fingerprint density at radius 1 is 1.10 bits per heavy atom. The molecule has 0 amide bonds. The number of alkyl halides is 3. The average Bonchev–Trinajstić information content (AvgIpc) is 2.73. The highest BCUT2D eigenvalue weighted by Crippen LogP contribution is 2.26. The van der Waals surface area contributed by atoms with Gasteiger partial charge in [0, 0.05) is 32.0 Å². The first-order valence-electron chi connectivity index (χ1n) is 9.21. The molecule has 0 unspecified atom stereocenters. The van der Waals surface area contributed by atoms with Crippen molar-refractivity contribution < 1.29 is 35.9 Å². The third-order valence-corrected chi connectivity index (χ3v) is 6.30. The molecule has 3 rings (SSSR count). The van der Waals surface area contributed by atoms with Crippen LogP contribution in [0.25, 0.3) is 0 Å². The summed E-state index contributed by atoms with van der Waals surface area (Å²) in [6.45, 7) is 0.514. The third kappa shape index (κ3) is 6.31. The van der Waals surface area contributed by atoms with E-state index in [1.165, 1.54) is 11.4 Å². The highest BCUT2D eigenvalue weighted by Gasteiger charge is 2.32. The number of piperidine rings is 1. The quantitative estimate of drug-likeness (QED) is 0.590. The number of hydrogen-bond donors (Lipinski definition) is 0. The maximum atomic E-state index is 12.7. The lowest BCUT2D eigenvalue weighted by atomic mass is 10.1. The van der Waals surface area contributed by atoms with Crippen LogP contribution in [0.5, 0.6) is 11.6 Å². The molecule has 0 aliphatic carbocycles. The second-order valence-electron chi connectivity index (χ2n) is 6.53. The standard InChI is InChI=1S/C19H20F3N3O5S/c1-28-18-4-2-3-15(23-18)13-29-24-14-9-11-25(12-10-14)31(26,27)17-7-5-16(6-8-17)30-19(20,21)22/h2-8H,9-13H2,1H3. The molecule has 0 saturated carbocycles. The summed E-state index contributed by atoms with van der Waals surface area (Å²) in [6.07, 6.45) is -4.09. The monoisotopic (exact) mass is 459 g/mol. The molecular formula is C19H20F3N3O5S. The van der Waals surface area contributed by atoms with Crippen molar-refractivity contribution >= 4 is 15.7 Å². The first-order chi connectivity index (χ1) is 14.7. The lowest BCUT2D eigenvalue weighted by Gasteiger charge is -2.26. The topological polar surface area (TPSA) is 90.3 Å². The highest BCUT2D eigenvalue weighted by atomic mass is 32.2. The summed E-state index contributed by atoms with van der Waals surface area (Å²) >= 11 is 0. The van der Waals surface area contributed by atoms with Crippen LogP contribution in [-0.4, -0.2) is 50.0 Å². The van der Waals surface area contributed by atoms with E-state index in [1.807, 2.05) is 0 Å². The van der Waals surface area contributed by atoms with Crippen molar-refractivity contribution in [2.75, 3.05) is 20.2 Å². The predicted molar refractivity (Wildman–Crippen MR) is 104 cm³/mol. The minimum Gasteiger partial charge on any atom is -0.481 e. The molecule has 168 valence electrons. The molecule has 1 aromatic carbocycles. The van der Waals surface area contributed by atoms with E-state index in [0.29, 0.717) is 30.1 Å². The Kier molecular flexibility index (Phi) is 7.01. The number of rotatable bonds is 7. The van der Waals surface area contributed by atoms with Crippen molar-refractivity contribution in [3.05, 3.63) is 48.2 Å². The minimum atomic E-state index is -4.84. The molecule has 1 aromatic heterocycles. The van der Waals surface area contributed by atoms with Crippen LogP contribution in [0.2, 0.25) is 0 Å². The first kappa shape index (κ1) is 22.8. The van der Waals surface area contributed by atoms with E-state index < -0.39 is 22.1 Å². The number of nitrogens with zero attached hydrogens (tertiary/aromatic N) is 3. The summed E-state index contributed by atoms with van der Waals surface area (Å²) in [7, 11) is -2.33. The molecule has 2 aromatic rings. The first-order valence-corrected chi connectivity index (χ1v) is 10.6. The summed E-state index contributed by atoms with van der Waals surface area (Å²) in [4.78, 5) is 9.41. The van der Waals surface area contributed by atoms with Crippen LogP contribution in [0.15, 0.2) is 52.5 Å². The molecular weight excluding hydrogens is 439 g/mol. The van der Waals surface area contributed by atoms with E-state index >= 15 is 0 Å². The molecule has 0 radical (unpaired) electrons. The summed E-state index contributed by atoms with van der Waals surface area (Å²) in [5, 5.41) is 4.06. The van der Waals surface area contributed by atoms with Gasteiger partial charge in [-0.3, -0.25) is 0 Å². The number of halogens is 3. The van der Waals surface area contributed by atoms with Crippen molar-refractivity contribution in [2.45, 2.75) is 30.7 Å². The van der Waals surface area contributed by atoms with Crippen LogP contribution < -0.4 is 9.47 Å². The molecule has 1 saturated heterocycles. The minimum absolute atomic E-state index is 0.109. The van der Waals surface area contributed by atoms with Gasteiger partial charge < -0.3 is 14.3 Å². The number of ether oxygens (including phenoxy) is 2. The third-order valence-electron chi connectivity index (χ3n) is 4.39. The van der Waals surface area contributed by atoms with Gasteiger partial charge in [-0.1, -0.05) is 11.2 Å². The van der Waals surface area contributed by atoms with Gasteiger partial charge in [0.2, 0.25) is 15.9 Å². The molecule has 0 spiro atoms. The molecule has 1 aliphatic rings. The van der Waals surface area contributed by atoms with Gasteiger partial charge in [-0.2, -0.15) is 4.31 Å². The van der Waals surface area contributed by atoms with Crippen molar-refractivity contribution in [1.82, 2.24) is 9.29 Å². The SMILES string of the molecule is COc1cccc(CON=C2CCN(S(=O)(=O)c3ccc(OC(F)(F)F)cc3)CC2)n1. The van der Waals surface area contributed by atoms with Gasteiger partial charge >= 0.3 is 6.36 Å². The second kappa shape index (κ2) is 9.52. The van der Waals surface area contributed by atoms with Crippen molar-refractivity contribution in [3.8, 4) is 11.6 Å². The maximum Gasteiger partial charge on any atom is 0.573 e. The van der Waals surface area contributed by atoms with Crippen LogP contribution >= 0.6 is 0 Å². The Bertz CT molecular complexity index is 1020. The summed E-state index contributed by atoms with van der Waals surface area (Å²) < 4.78 is 72.2. The van der Waals surface area contributed by atoms with Crippen LogP contribution in [-0.2, 0) is 21.5 Å². The van der Waals surface area contributed by atoms with Gasteiger partial charge in [-0.15, -0.1) is 13.2 Å². The van der Waals surface area contributed by atoms with E-state index in [2.05, 4.69) is 14.9 Å². The van der Waals surface area contributed by atoms with Gasteiger partial charge in [0.15, 0.2) is 6.61 Å². The maximum absolute atomic E-state index is 12.7. The Hall–Kier alpha value is -2.86. The zero-order valence-corrected chi connectivity index (χ0v) is 17.3. The Morgan fingerprint density at radius 3 is 2.39 bits per heavy atom. The fraction of sp³-hybridized carbons (Fsp3) is 0.368. The molecule has 31 heavy (non-hydrogen) atoms. The van der Waals surface area contributed by atoms with Gasteiger partial charge in [0.1, 0.15) is 5.75 Å². The number of pyridine rings is 1. The number of oxime groups is 1. The van der Waals surface area contributed by atoms with Crippen LogP contribution in [0.3, 0.4) is 0 Å². The average molecular weight is 459 g/mol. The van der Waals surface area contributed by atoms with Crippen LogP contribution in [0.1, 0.15) is 18.5 Å². The highest BCUT2D eigenvalue weighted by molar-refractivity contribution is 7.89. The Morgan fingerprint density at radius 2 is 1.77 bits per heavy atom. The summed E-state index contributed by atoms with van der Waals surface area (Å²) in [6, 6.07) is 9.37. The fourth-order valence-corrected chi connectivity index (χ4v) is 4.32. The van der Waals surface area contributed by atoms with E-state index in [1.54, 1.807) is 18.2 Å². The van der Waals surface area contributed by atoms with Gasteiger partial charge in [-0.25, -0.2) is 13.4 Å². The number of aromatic nitrogens is 1. The Balaban J connectivity index is 1.54. The zero-order valence-electron chi connectivity index (χ0n) is 16.5. The second-order valence-corrected chi connectivity index (χ2v) is 8.46. The number of sulfonamides is 1. The normalized spacial score (nSPS) is 15.4. The van der Waals surface area contributed by atoms with E-state index in [0.717, 1.165) is 24.3 Å². The van der Waals surface area contributed by atoms with Gasteiger partial charge in [-0.05, 0) is 30.3 Å². The van der Waals surface area contributed by atoms with Gasteiger partial charge in [0.25, 0.3) is 0 Å². The lowest BCUT2D eigenvalue weighted by molar-refractivity contribution is -0.274. The van der Waals surface area contributed by atoms with E-state index in [4.69, 9.17) is 9.57 Å². The predicted octanol–water partition coefficient (Wildman–Crippen LogP) is 3.35. The van der Waals surface area contributed by atoms with Gasteiger partial charge in [0.05, 0.1) is 23.4 Å². The molecule has 1 aliphatic heterocycles. The number of hydrogen-bond acceptors (Lipinski definition) is 7. The molecule has 12 heteroatoms. The van der Waals surface area contributed by atoms with Crippen molar-refractivity contribution in [2.24, 2.45) is 5.16 Å². The smallest absolute Gasteiger partial charge is 0.481 e. The zero-order chi connectivity index (χ0) is 22.5. The largest absolute Gasteiger partial charge is 0.573 e. The number of methoxy groups -OCH3 is 1. The van der Waals surface area contributed by atoms with Crippen LogP contribution in [0, 0.1) is 0 Å². The Labute approximate surface area is 177 Å². The molecule has 2 heterocycles. The summed E-state index contributed by atoms with van der Waals surface area (Å²) in [5.74, 6) is -0.0209. The molecule has 1 fully saturated rings. The molecule has 0 atom stereocenters. The van der Waals surface area contributed by atoms with E-state index in [-0.39, 0.29) is 24.6 Å². The van der Waals surface area contributed by atoms with Crippen molar-refractivity contribution in [1.29, 1.82) is 0 Å². The van der Waals surface area contributed by atoms with Crippen molar-refractivity contribution in [3.63, 3.8) is 0 Å². The fourth-order valence-electron chi connectivity index (χ4n) is 2.88. The number of benzene rings is 1. The van der Waals surface area contributed by atoms with Crippen LogP contribution in [0.4, 0.5) is 13.2 Å².